The monoisotopic (exact) mass is 371 g/mol. The van der Waals surface area contributed by atoms with Gasteiger partial charge in [0.15, 0.2) is 0 Å². The molecular weight excluding hydrogens is 349 g/mol. The van der Waals surface area contributed by atoms with Gasteiger partial charge < -0.3 is 10.6 Å². The Hall–Kier alpha value is -2.00. The van der Waals surface area contributed by atoms with Gasteiger partial charge in [-0.05, 0) is 43.5 Å². The van der Waals surface area contributed by atoms with Crippen LogP contribution < -0.4 is 10.6 Å². The van der Waals surface area contributed by atoms with Gasteiger partial charge in [0.2, 0.25) is 21.8 Å². The number of halogens is 1. The van der Waals surface area contributed by atoms with Crippen molar-refractivity contribution in [2.45, 2.75) is 37.1 Å². The summed E-state index contributed by atoms with van der Waals surface area (Å²) in [4.78, 5) is 23.8. The molecule has 1 aliphatic rings. The fraction of sp³-hybridized carbons (Fsp3) is 0.500. The number of benzene rings is 1. The van der Waals surface area contributed by atoms with Crippen molar-refractivity contribution >= 4 is 21.8 Å². The Labute approximate surface area is 146 Å². The second kappa shape index (κ2) is 8.39. The second-order valence-corrected chi connectivity index (χ2v) is 7.69. The highest BCUT2D eigenvalue weighted by Gasteiger charge is 2.39. The van der Waals surface area contributed by atoms with Crippen LogP contribution in [0.1, 0.15) is 26.2 Å². The van der Waals surface area contributed by atoms with E-state index in [0.717, 1.165) is 22.9 Å². The Balaban J connectivity index is 2.05. The third-order valence-electron chi connectivity index (χ3n) is 3.92. The zero-order chi connectivity index (χ0) is 18.4. The quantitative estimate of drug-likeness (QED) is 0.735. The number of hydrogen-bond acceptors (Lipinski definition) is 4. The number of carbonyl (C=O) groups is 2. The Bertz CT molecular complexity index is 721. The molecule has 138 valence electrons. The van der Waals surface area contributed by atoms with Gasteiger partial charge in [0.25, 0.3) is 0 Å². The molecule has 2 rings (SSSR count). The van der Waals surface area contributed by atoms with Crippen molar-refractivity contribution in [1.29, 1.82) is 0 Å². The van der Waals surface area contributed by atoms with Gasteiger partial charge in [-0.1, -0.05) is 6.92 Å². The highest BCUT2D eigenvalue weighted by atomic mass is 32.2. The van der Waals surface area contributed by atoms with E-state index in [1.165, 1.54) is 12.1 Å². The van der Waals surface area contributed by atoms with Gasteiger partial charge in [-0.3, -0.25) is 9.59 Å². The molecule has 0 spiro atoms. The molecule has 2 N–H and O–H groups in total. The van der Waals surface area contributed by atoms with E-state index in [4.69, 9.17) is 0 Å². The van der Waals surface area contributed by atoms with Gasteiger partial charge >= 0.3 is 0 Å². The lowest BCUT2D eigenvalue weighted by molar-refractivity contribution is -0.128. The molecule has 25 heavy (non-hydrogen) atoms. The Morgan fingerprint density at radius 3 is 2.56 bits per heavy atom. The number of hydrogen-bond donors (Lipinski definition) is 2. The molecule has 1 aromatic rings. The van der Waals surface area contributed by atoms with E-state index in [9.17, 15) is 22.4 Å². The van der Waals surface area contributed by atoms with Crippen LogP contribution in [-0.2, 0) is 19.6 Å². The molecule has 9 heteroatoms. The van der Waals surface area contributed by atoms with E-state index in [2.05, 4.69) is 10.6 Å². The number of nitrogens with zero attached hydrogens (tertiary/aromatic N) is 1. The van der Waals surface area contributed by atoms with Crippen LogP contribution >= 0.6 is 0 Å². The summed E-state index contributed by atoms with van der Waals surface area (Å²) in [6.45, 7) is 2.44. The topological polar surface area (TPSA) is 95.6 Å². The largest absolute Gasteiger partial charge is 0.355 e. The van der Waals surface area contributed by atoms with Crippen LogP contribution in [0.4, 0.5) is 4.39 Å². The summed E-state index contributed by atoms with van der Waals surface area (Å²) in [5.41, 5.74) is 0. The van der Waals surface area contributed by atoms with E-state index in [0.29, 0.717) is 19.4 Å². The van der Waals surface area contributed by atoms with Gasteiger partial charge in [-0.25, -0.2) is 12.8 Å². The maximum atomic E-state index is 13.0. The summed E-state index contributed by atoms with van der Waals surface area (Å²) in [6, 6.07) is 3.62. The van der Waals surface area contributed by atoms with E-state index in [1.807, 2.05) is 6.92 Å². The maximum absolute atomic E-state index is 13.0. The van der Waals surface area contributed by atoms with Gasteiger partial charge in [0.05, 0.1) is 11.4 Å². The lowest BCUT2D eigenvalue weighted by atomic mass is 10.2. The highest BCUT2D eigenvalue weighted by Crippen LogP contribution is 2.26. The van der Waals surface area contributed by atoms with Crippen LogP contribution in [0.15, 0.2) is 29.2 Å². The van der Waals surface area contributed by atoms with Crippen molar-refractivity contribution in [3.63, 3.8) is 0 Å². The molecule has 0 saturated carbocycles. The molecule has 1 unspecified atom stereocenters. The smallest absolute Gasteiger partial charge is 0.243 e. The van der Waals surface area contributed by atoms with Crippen LogP contribution in [0, 0.1) is 5.82 Å². The Kier molecular flexibility index (Phi) is 6.49. The average molecular weight is 371 g/mol. The minimum atomic E-state index is -3.90. The molecule has 1 aromatic carbocycles. The molecule has 7 nitrogen and oxygen atoms in total. The number of amides is 2. The van der Waals surface area contributed by atoms with Crippen molar-refractivity contribution in [2.24, 2.45) is 0 Å². The zero-order valence-electron chi connectivity index (χ0n) is 14.0. The van der Waals surface area contributed by atoms with Gasteiger partial charge in [0.1, 0.15) is 11.9 Å². The van der Waals surface area contributed by atoms with Crippen LogP contribution in [0.2, 0.25) is 0 Å². The van der Waals surface area contributed by atoms with Crippen LogP contribution in [0.3, 0.4) is 0 Å². The summed E-state index contributed by atoms with van der Waals surface area (Å²) >= 11 is 0. The first kappa shape index (κ1) is 19.3. The van der Waals surface area contributed by atoms with E-state index >= 15 is 0 Å². The molecule has 1 saturated heterocycles. The summed E-state index contributed by atoms with van der Waals surface area (Å²) in [6.07, 6.45) is 1.70. The lowest BCUT2D eigenvalue weighted by Crippen LogP contribution is -2.48. The molecular formula is C16H22FN3O4S. The molecule has 0 aromatic heterocycles. The Morgan fingerprint density at radius 2 is 1.92 bits per heavy atom. The standard InChI is InChI=1S/C16H22FN3O4S/c1-2-9-18-15(21)11-19-16(22)14-4-3-10-20(14)25(23,24)13-7-5-12(17)6-8-13/h5-8,14H,2-4,9-11H2,1H3,(H,18,21)(H,19,22). The predicted octanol–water partition coefficient (Wildman–Crippen LogP) is 0.621. The second-order valence-electron chi connectivity index (χ2n) is 5.80. The van der Waals surface area contributed by atoms with Crippen molar-refractivity contribution in [3.05, 3.63) is 30.1 Å². The third-order valence-corrected chi connectivity index (χ3v) is 5.84. The summed E-state index contributed by atoms with van der Waals surface area (Å²) in [5, 5.41) is 5.11. The molecule has 1 fully saturated rings. The molecule has 1 atom stereocenters. The number of carbonyl (C=O) groups excluding carboxylic acids is 2. The van der Waals surface area contributed by atoms with Crippen molar-refractivity contribution in [3.8, 4) is 0 Å². The molecule has 1 aliphatic heterocycles. The summed E-state index contributed by atoms with van der Waals surface area (Å²) in [5.74, 6) is -1.36. The first-order chi connectivity index (χ1) is 11.9. The van der Waals surface area contributed by atoms with E-state index < -0.39 is 27.8 Å². The van der Waals surface area contributed by atoms with E-state index in [1.54, 1.807) is 0 Å². The van der Waals surface area contributed by atoms with Gasteiger partial charge in [-0.2, -0.15) is 4.31 Å². The zero-order valence-corrected chi connectivity index (χ0v) is 14.8. The predicted molar refractivity (Wildman–Crippen MR) is 89.6 cm³/mol. The van der Waals surface area contributed by atoms with Crippen molar-refractivity contribution < 1.29 is 22.4 Å². The number of rotatable bonds is 7. The normalized spacial score (nSPS) is 18.1. The fourth-order valence-corrected chi connectivity index (χ4v) is 4.30. The average Bonchev–Trinajstić information content (AvgIpc) is 3.09. The molecule has 0 aliphatic carbocycles. The fourth-order valence-electron chi connectivity index (χ4n) is 2.64. The Morgan fingerprint density at radius 1 is 1.24 bits per heavy atom. The first-order valence-corrected chi connectivity index (χ1v) is 9.62. The first-order valence-electron chi connectivity index (χ1n) is 8.18. The molecule has 0 bridgehead atoms. The minimum Gasteiger partial charge on any atom is -0.355 e. The van der Waals surface area contributed by atoms with Crippen LogP contribution in [-0.4, -0.2) is 50.2 Å². The molecule has 1 heterocycles. The van der Waals surface area contributed by atoms with E-state index in [-0.39, 0.29) is 23.9 Å². The summed E-state index contributed by atoms with van der Waals surface area (Å²) < 4.78 is 39.5. The van der Waals surface area contributed by atoms with Gasteiger partial charge in [-0.15, -0.1) is 0 Å². The third kappa shape index (κ3) is 4.76. The minimum absolute atomic E-state index is 0.0608. The van der Waals surface area contributed by atoms with Crippen LogP contribution in [0.5, 0.6) is 0 Å². The van der Waals surface area contributed by atoms with Crippen molar-refractivity contribution in [2.75, 3.05) is 19.6 Å². The molecule has 2 amide bonds. The molecule has 0 radical (unpaired) electrons. The number of nitrogens with one attached hydrogen (secondary N) is 2. The highest BCUT2D eigenvalue weighted by molar-refractivity contribution is 7.89. The number of sulfonamides is 1. The van der Waals surface area contributed by atoms with Gasteiger partial charge in [0, 0.05) is 13.1 Å². The van der Waals surface area contributed by atoms with Crippen molar-refractivity contribution in [1.82, 2.24) is 14.9 Å². The lowest BCUT2D eigenvalue weighted by Gasteiger charge is -2.23. The SMILES string of the molecule is CCCNC(=O)CNC(=O)C1CCCN1S(=O)(=O)c1ccc(F)cc1. The maximum Gasteiger partial charge on any atom is 0.243 e. The van der Waals surface area contributed by atoms with Crippen LogP contribution in [0.25, 0.3) is 0 Å². The summed E-state index contributed by atoms with van der Waals surface area (Å²) in [7, 11) is -3.90.